The maximum atomic E-state index is 10.5. The standard InChI is InChI=1S/C16H19N5O3/c1-24-14-10-17-15(18-11-14)21-8-6-20(7-9-21)13-4-2-12(3-5-13)19-16(22)23/h2-5,10-11,19H,6-9H2,1H3,(H,22,23)/p-1. The molecule has 24 heavy (non-hydrogen) atoms. The minimum Gasteiger partial charge on any atom is -0.530 e. The number of nitrogens with one attached hydrogen (secondary N) is 1. The number of nitrogens with zero attached hydrogens (tertiary/aromatic N) is 4. The Morgan fingerprint density at radius 2 is 1.67 bits per heavy atom. The van der Waals surface area contributed by atoms with Gasteiger partial charge in [-0.15, -0.1) is 0 Å². The fraction of sp³-hybridized carbons (Fsp3) is 0.312. The smallest absolute Gasteiger partial charge is 0.225 e. The molecule has 0 saturated carbocycles. The van der Waals surface area contributed by atoms with Crippen molar-refractivity contribution in [2.75, 3.05) is 48.4 Å². The fourth-order valence-corrected chi connectivity index (χ4v) is 2.62. The van der Waals surface area contributed by atoms with Crippen LogP contribution in [0.25, 0.3) is 0 Å². The van der Waals surface area contributed by atoms with Crippen LogP contribution >= 0.6 is 0 Å². The molecule has 126 valence electrons. The van der Waals surface area contributed by atoms with Gasteiger partial charge in [-0.1, -0.05) is 0 Å². The van der Waals surface area contributed by atoms with Gasteiger partial charge in [0.1, 0.15) is 6.09 Å². The Labute approximate surface area is 139 Å². The highest BCUT2D eigenvalue weighted by Crippen LogP contribution is 2.21. The number of aromatic nitrogens is 2. The largest absolute Gasteiger partial charge is 0.530 e. The van der Waals surface area contributed by atoms with E-state index < -0.39 is 6.09 Å². The van der Waals surface area contributed by atoms with E-state index in [1.807, 2.05) is 12.1 Å². The summed E-state index contributed by atoms with van der Waals surface area (Å²) < 4.78 is 5.07. The van der Waals surface area contributed by atoms with E-state index in [0.29, 0.717) is 17.4 Å². The lowest BCUT2D eigenvalue weighted by atomic mass is 10.2. The lowest BCUT2D eigenvalue weighted by Gasteiger charge is -2.36. The monoisotopic (exact) mass is 328 g/mol. The van der Waals surface area contributed by atoms with Crippen LogP contribution in [0.3, 0.4) is 0 Å². The molecule has 0 aliphatic carbocycles. The third-order valence-electron chi connectivity index (χ3n) is 3.89. The molecular formula is C16H18N5O3-. The molecule has 0 radical (unpaired) electrons. The summed E-state index contributed by atoms with van der Waals surface area (Å²) in [5.41, 5.74) is 1.55. The Balaban J connectivity index is 1.58. The van der Waals surface area contributed by atoms with Gasteiger partial charge in [0.2, 0.25) is 5.95 Å². The van der Waals surface area contributed by atoms with E-state index in [2.05, 4.69) is 25.1 Å². The second kappa shape index (κ2) is 7.03. The van der Waals surface area contributed by atoms with E-state index in [1.54, 1.807) is 31.6 Å². The second-order valence-corrected chi connectivity index (χ2v) is 5.36. The number of carbonyl (C=O) groups is 1. The van der Waals surface area contributed by atoms with Crippen LogP contribution in [0, 0.1) is 0 Å². The van der Waals surface area contributed by atoms with Crippen molar-refractivity contribution in [3.63, 3.8) is 0 Å². The highest BCUT2D eigenvalue weighted by molar-refractivity contribution is 5.81. The molecule has 1 aliphatic heterocycles. The van der Waals surface area contributed by atoms with Crippen LogP contribution in [0.1, 0.15) is 0 Å². The van der Waals surface area contributed by atoms with E-state index in [1.165, 1.54) is 0 Å². The highest BCUT2D eigenvalue weighted by atomic mass is 16.5. The Bertz CT molecular complexity index is 682. The van der Waals surface area contributed by atoms with Crippen molar-refractivity contribution in [3.05, 3.63) is 36.7 Å². The predicted molar refractivity (Wildman–Crippen MR) is 88.5 cm³/mol. The fourth-order valence-electron chi connectivity index (χ4n) is 2.62. The number of rotatable bonds is 4. The van der Waals surface area contributed by atoms with Crippen molar-refractivity contribution in [2.45, 2.75) is 0 Å². The van der Waals surface area contributed by atoms with Crippen molar-refractivity contribution in [2.24, 2.45) is 0 Å². The summed E-state index contributed by atoms with van der Waals surface area (Å²) in [5.74, 6) is 1.34. The molecule has 2 aromatic rings. The van der Waals surface area contributed by atoms with Crippen molar-refractivity contribution in [3.8, 4) is 5.75 Å². The highest BCUT2D eigenvalue weighted by Gasteiger charge is 2.19. The summed E-state index contributed by atoms with van der Waals surface area (Å²) in [6, 6.07) is 7.24. The van der Waals surface area contributed by atoms with Crippen LogP contribution in [0.4, 0.5) is 22.1 Å². The summed E-state index contributed by atoms with van der Waals surface area (Å²) in [6.45, 7) is 3.29. The molecule has 1 saturated heterocycles. The number of methoxy groups -OCH3 is 1. The van der Waals surface area contributed by atoms with Gasteiger partial charge in [-0.05, 0) is 24.3 Å². The van der Waals surface area contributed by atoms with Crippen LogP contribution in [-0.2, 0) is 0 Å². The number of anilines is 3. The Morgan fingerprint density at radius 3 is 2.21 bits per heavy atom. The van der Waals surface area contributed by atoms with Gasteiger partial charge in [0.25, 0.3) is 0 Å². The molecule has 3 rings (SSSR count). The number of ether oxygens (including phenoxy) is 1. The molecule has 1 fully saturated rings. The molecule has 8 heteroatoms. The lowest BCUT2D eigenvalue weighted by molar-refractivity contribution is -0.242. The Hall–Kier alpha value is -3.03. The topological polar surface area (TPSA) is 93.7 Å². The van der Waals surface area contributed by atoms with Crippen LogP contribution in [0.2, 0.25) is 0 Å². The molecular weight excluding hydrogens is 310 g/mol. The molecule has 1 N–H and O–H groups in total. The predicted octanol–water partition coefficient (Wildman–Crippen LogP) is 0.567. The first kappa shape index (κ1) is 15.9. The molecule has 0 spiro atoms. The summed E-state index contributed by atoms with van der Waals surface area (Å²) >= 11 is 0. The molecule has 0 unspecified atom stereocenters. The van der Waals surface area contributed by atoms with Gasteiger partial charge in [-0.25, -0.2) is 9.97 Å². The number of carboxylic acid groups (broad SMARTS) is 1. The van der Waals surface area contributed by atoms with E-state index in [0.717, 1.165) is 31.9 Å². The average Bonchev–Trinajstić information content (AvgIpc) is 2.62. The zero-order chi connectivity index (χ0) is 16.9. The minimum absolute atomic E-state index is 0.504. The molecule has 0 bridgehead atoms. The summed E-state index contributed by atoms with van der Waals surface area (Å²) in [6.07, 6.45) is 2.02. The first-order chi connectivity index (χ1) is 11.7. The molecule has 1 aromatic heterocycles. The molecule has 1 amide bonds. The molecule has 8 nitrogen and oxygen atoms in total. The zero-order valence-corrected chi connectivity index (χ0v) is 13.3. The van der Waals surface area contributed by atoms with Crippen molar-refractivity contribution < 1.29 is 14.6 Å². The van der Waals surface area contributed by atoms with Gasteiger partial charge in [0.05, 0.1) is 19.5 Å². The van der Waals surface area contributed by atoms with Crippen LogP contribution < -0.4 is 25.0 Å². The van der Waals surface area contributed by atoms with E-state index in [4.69, 9.17) is 4.74 Å². The second-order valence-electron chi connectivity index (χ2n) is 5.36. The molecule has 1 aromatic carbocycles. The summed E-state index contributed by atoms with van der Waals surface area (Å²) in [5, 5.41) is 12.7. The van der Waals surface area contributed by atoms with Crippen LogP contribution in [-0.4, -0.2) is 49.4 Å². The molecule has 1 aliphatic rings. The number of amides is 1. The maximum absolute atomic E-state index is 10.5. The number of carbonyl (C=O) groups excluding carboxylic acids is 1. The van der Waals surface area contributed by atoms with Crippen molar-refractivity contribution >= 4 is 23.4 Å². The third kappa shape index (κ3) is 3.65. The van der Waals surface area contributed by atoms with Gasteiger partial charge in [-0.2, -0.15) is 0 Å². The first-order valence-corrected chi connectivity index (χ1v) is 7.60. The number of benzene rings is 1. The molecule has 2 heterocycles. The average molecular weight is 328 g/mol. The van der Waals surface area contributed by atoms with Crippen molar-refractivity contribution in [1.82, 2.24) is 9.97 Å². The van der Waals surface area contributed by atoms with Gasteiger partial charge in [0, 0.05) is 37.6 Å². The summed E-state index contributed by atoms with van der Waals surface area (Å²) in [4.78, 5) is 23.5. The number of piperazine rings is 1. The van der Waals surface area contributed by atoms with E-state index >= 15 is 0 Å². The quantitative estimate of drug-likeness (QED) is 0.877. The van der Waals surface area contributed by atoms with Crippen LogP contribution in [0.15, 0.2) is 36.7 Å². The van der Waals surface area contributed by atoms with Crippen LogP contribution in [0.5, 0.6) is 5.75 Å². The Morgan fingerprint density at radius 1 is 1.08 bits per heavy atom. The van der Waals surface area contributed by atoms with E-state index in [9.17, 15) is 9.90 Å². The van der Waals surface area contributed by atoms with Gasteiger partial charge < -0.3 is 29.8 Å². The van der Waals surface area contributed by atoms with Gasteiger partial charge in [-0.3, -0.25) is 0 Å². The number of hydrogen-bond donors (Lipinski definition) is 1. The summed E-state index contributed by atoms with van der Waals surface area (Å²) in [7, 11) is 1.59. The SMILES string of the molecule is COc1cnc(N2CCN(c3ccc(NC(=O)[O-])cc3)CC2)nc1. The van der Waals surface area contributed by atoms with Gasteiger partial charge in [0.15, 0.2) is 5.75 Å². The zero-order valence-electron chi connectivity index (χ0n) is 13.3. The lowest BCUT2D eigenvalue weighted by Crippen LogP contribution is -2.47. The minimum atomic E-state index is -1.31. The molecule has 0 atom stereocenters. The number of hydrogen-bond acceptors (Lipinski definition) is 7. The normalized spacial score (nSPS) is 14.4. The Kier molecular flexibility index (Phi) is 4.64. The van der Waals surface area contributed by atoms with Crippen molar-refractivity contribution in [1.29, 1.82) is 0 Å². The van der Waals surface area contributed by atoms with Gasteiger partial charge >= 0.3 is 0 Å². The first-order valence-electron chi connectivity index (χ1n) is 7.60. The van der Waals surface area contributed by atoms with E-state index in [-0.39, 0.29) is 0 Å². The maximum Gasteiger partial charge on any atom is 0.225 e. The third-order valence-corrected chi connectivity index (χ3v) is 3.89.